The molecule has 0 saturated carbocycles. The molecule has 6 nitrogen and oxygen atoms in total. The van der Waals surface area contributed by atoms with Crippen molar-refractivity contribution in [3.63, 3.8) is 0 Å². The lowest BCUT2D eigenvalue weighted by molar-refractivity contribution is -0.120. The number of hydrogen-bond acceptors (Lipinski definition) is 4. The number of imidazole rings is 1. The zero-order valence-corrected chi connectivity index (χ0v) is 14.8. The lowest BCUT2D eigenvalue weighted by atomic mass is 10.1. The Labute approximate surface area is 145 Å². The molecular formula is C17H22N4O2S. The normalized spacial score (nSPS) is 12.2. The van der Waals surface area contributed by atoms with Gasteiger partial charge in [0.1, 0.15) is 0 Å². The number of primary amides is 1. The first kappa shape index (κ1) is 18.1. The van der Waals surface area contributed by atoms with Gasteiger partial charge in [-0.3, -0.25) is 10.1 Å². The lowest BCUT2D eigenvalue weighted by Gasteiger charge is -2.17. The maximum absolute atomic E-state index is 12.1. The van der Waals surface area contributed by atoms with Crippen molar-refractivity contribution in [3.05, 3.63) is 47.3 Å². The van der Waals surface area contributed by atoms with Crippen LogP contribution in [0.2, 0.25) is 0 Å². The molecule has 0 aliphatic carbocycles. The van der Waals surface area contributed by atoms with Gasteiger partial charge in [-0.15, -0.1) is 0 Å². The molecule has 2 rings (SSSR count). The second-order valence-electron chi connectivity index (χ2n) is 5.91. The zero-order chi connectivity index (χ0) is 17.7. The predicted octanol–water partition coefficient (Wildman–Crippen LogP) is 2.62. The summed E-state index contributed by atoms with van der Waals surface area (Å²) in [6.07, 6.45) is 0.726. The summed E-state index contributed by atoms with van der Waals surface area (Å²) in [5, 5.41) is 2.36. The Kier molecular flexibility index (Phi) is 6.03. The van der Waals surface area contributed by atoms with Crippen molar-refractivity contribution < 1.29 is 9.59 Å². The van der Waals surface area contributed by atoms with Crippen molar-refractivity contribution in [1.29, 1.82) is 0 Å². The number of H-pyrrole nitrogens is 1. The third kappa shape index (κ3) is 4.86. The van der Waals surface area contributed by atoms with Crippen LogP contribution < -0.4 is 11.1 Å². The van der Waals surface area contributed by atoms with Crippen molar-refractivity contribution >= 4 is 23.7 Å². The SMILES string of the molecule is Cc1[nH]c(S[C@H](C(=O)NC(N)=O)C(C)C)nc1Cc1ccccc1. The molecule has 4 N–H and O–H groups in total. The van der Waals surface area contributed by atoms with E-state index in [0.29, 0.717) is 5.16 Å². The Bertz CT molecular complexity index is 713. The summed E-state index contributed by atoms with van der Waals surface area (Å²) in [7, 11) is 0. The van der Waals surface area contributed by atoms with Crippen LogP contribution in [0.25, 0.3) is 0 Å². The summed E-state index contributed by atoms with van der Waals surface area (Å²) in [5.74, 6) is -0.376. The van der Waals surface area contributed by atoms with Crippen LogP contribution in [0.15, 0.2) is 35.5 Å². The average Bonchev–Trinajstić information content (AvgIpc) is 2.84. The highest BCUT2D eigenvalue weighted by molar-refractivity contribution is 8.00. The fourth-order valence-electron chi connectivity index (χ4n) is 2.29. The highest BCUT2D eigenvalue weighted by Gasteiger charge is 2.26. The number of benzene rings is 1. The van der Waals surface area contributed by atoms with Gasteiger partial charge in [0.15, 0.2) is 5.16 Å². The first-order valence-corrected chi connectivity index (χ1v) is 8.61. The van der Waals surface area contributed by atoms with Crippen LogP contribution in [0.1, 0.15) is 30.8 Å². The van der Waals surface area contributed by atoms with E-state index in [1.165, 1.54) is 17.3 Å². The molecule has 1 heterocycles. The van der Waals surface area contributed by atoms with E-state index in [9.17, 15) is 9.59 Å². The number of nitrogens with zero attached hydrogens (tertiary/aromatic N) is 1. The van der Waals surface area contributed by atoms with E-state index in [4.69, 9.17) is 5.73 Å². The molecule has 7 heteroatoms. The van der Waals surface area contributed by atoms with Gasteiger partial charge in [0.2, 0.25) is 5.91 Å². The van der Waals surface area contributed by atoms with Crippen molar-refractivity contribution in [1.82, 2.24) is 15.3 Å². The Morgan fingerprint density at radius 3 is 2.54 bits per heavy atom. The number of aryl methyl sites for hydroxylation is 1. The van der Waals surface area contributed by atoms with Crippen LogP contribution in [0.5, 0.6) is 0 Å². The largest absolute Gasteiger partial charge is 0.351 e. The second-order valence-corrected chi connectivity index (χ2v) is 7.04. The van der Waals surface area contributed by atoms with E-state index in [2.05, 4.69) is 27.4 Å². The van der Waals surface area contributed by atoms with Gasteiger partial charge in [-0.05, 0) is 18.4 Å². The molecule has 3 amide bonds. The topological polar surface area (TPSA) is 101 Å². The molecule has 0 unspecified atom stereocenters. The van der Waals surface area contributed by atoms with Crippen molar-refractivity contribution in [3.8, 4) is 0 Å². The fourth-order valence-corrected chi connectivity index (χ4v) is 3.34. The molecule has 0 radical (unpaired) electrons. The van der Waals surface area contributed by atoms with E-state index in [0.717, 1.165) is 17.8 Å². The number of rotatable bonds is 6. The number of hydrogen-bond donors (Lipinski definition) is 3. The van der Waals surface area contributed by atoms with Crippen LogP contribution in [-0.4, -0.2) is 27.2 Å². The number of nitrogens with one attached hydrogen (secondary N) is 2. The summed E-state index contributed by atoms with van der Waals surface area (Å²) in [6.45, 7) is 5.79. The first-order valence-electron chi connectivity index (χ1n) is 7.73. The number of carbonyl (C=O) groups excluding carboxylic acids is 2. The van der Waals surface area contributed by atoms with E-state index in [1.807, 2.05) is 39.0 Å². The Hall–Kier alpha value is -2.28. The van der Waals surface area contributed by atoms with Gasteiger partial charge in [-0.25, -0.2) is 9.78 Å². The van der Waals surface area contributed by atoms with Gasteiger partial charge in [0, 0.05) is 12.1 Å². The Morgan fingerprint density at radius 2 is 1.96 bits per heavy atom. The molecule has 24 heavy (non-hydrogen) atoms. The molecule has 0 saturated heterocycles. The molecule has 0 spiro atoms. The fraction of sp³-hybridized carbons (Fsp3) is 0.353. The summed E-state index contributed by atoms with van der Waals surface area (Å²) in [5.41, 5.74) is 8.13. The molecule has 1 atom stereocenters. The number of amides is 3. The van der Waals surface area contributed by atoms with Crippen LogP contribution in [-0.2, 0) is 11.2 Å². The van der Waals surface area contributed by atoms with Crippen LogP contribution >= 0.6 is 11.8 Å². The number of urea groups is 1. The van der Waals surface area contributed by atoms with Gasteiger partial charge < -0.3 is 10.7 Å². The summed E-state index contributed by atoms with van der Waals surface area (Å²) < 4.78 is 0. The molecular weight excluding hydrogens is 324 g/mol. The monoisotopic (exact) mass is 346 g/mol. The Balaban J connectivity index is 2.12. The molecule has 128 valence electrons. The zero-order valence-electron chi connectivity index (χ0n) is 14.0. The lowest BCUT2D eigenvalue weighted by Crippen LogP contribution is -2.42. The van der Waals surface area contributed by atoms with E-state index in [1.54, 1.807) is 0 Å². The molecule has 0 fully saturated rings. The molecule has 0 bridgehead atoms. The van der Waals surface area contributed by atoms with Gasteiger partial charge in [0.05, 0.1) is 10.9 Å². The van der Waals surface area contributed by atoms with Crippen LogP contribution in [0.3, 0.4) is 0 Å². The maximum atomic E-state index is 12.1. The maximum Gasteiger partial charge on any atom is 0.318 e. The molecule has 1 aromatic carbocycles. The third-order valence-electron chi connectivity index (χ3n) is 3.53. The van der Waals surface area contributed by atoms with Crippen molar-refractivity contribution in [2.45, 2.75) is 37.6 Å². The summed E-state index contributed by atoms with van der Waals surface area (Å²) in [4.78, 5) is 30.8. The number of aromatic amines is 1. The van der Waals surface area contributed by atoms with Crippen molar-refractivity contribution in [2.75, 3.05) is 0 Å². The van der Waals surface area contributed by atoms with Crippen LogP contribution in [0, 0.1) is 12.8 Å². The average molecular weight is 346 g/mol. The molecule has 2 aromatic rings. The molecule has 1 aromatic heterocycles. The predicted molar refractivity (Wildman–Crippen MR) is 94.8 cm³/mol. The summed E-state index contributed by atoms with van der Waals surface area (Å²) >= 11 is 1.31. The summed E-state index contributed by atoms with van der Waals surface area (Å²) in [6, 6.07) is 9.24. The minimum atomic E-state index is -0.841. The minimum Gasteiger partial charge on any atom is -0.351 e. The number of thioether (sulfide) groups is 1. The van der Waals surface area contributed by atoms with Gasteiger partial charge in [-0.2, -0.15) is 0 Å². The van der Waals surface area contributed by atoms with Gasteiger partial charge in [-0.1, -0.05) is 55.9 Å². The minimum absolute atomic E-state index is 0.0253. The number of nitrogens with two attached hydrogens (primary N) is 1. The van der Waals surface area contributed by atoms with Gasteiger partial charge >= 0.3 is 6.03 Å². The third-order valence-corrected chi connectivity index (χ3v) is 4.96. The second kappa shape index (κ2) is 8.01. The van der Waals surface area contributed by atoms with Crippen LogP contribution in [0.4, 0.5) is 4.79 Å². The van der Waals surface area contributed by atoms with E-state index in [-0.39, 0.29) is 5.92 Å². The number of imide groups is 1. The standard InChI is InChI=1S/C17H22N4O2S/c1-10(2)14(15(22)21-16(18)23)24-17-19-11(3)13(20-17)9-12-7-5-4-6-8-12/h4-8,10,14H,9H2,1-3H3,(H,19,20)(H3,18,21,22,23)/t14-/m0/s1. The highest BCUT2D eigenvalue weighted by atomic mass is 32.2. The molecule has 0 aliphatic rings. The number of aromatic nitrogens is 2. The molecule has 0 aliphatic heterocycles. The highest BCUT2D eigenvalue weighted by Crippen LogP contribution is 2.27. The van der Waals surface area contributed by atoms with Gasteiger partial charge in [0.25, 0.3) is 0 Å². The quantitative estimate of drug-likeness (QED) is 0.700. The van der Waals surface area contributed by atoms with E-state index < -0.39 is 17.2 Å². The first-order chi connectivity index (χ1) is 11.4. The smallest absolute Gasteiger partial charge is 0.318 e. The Morgan fingerprint density at radius 1 is 1.29 bits per heavy atom. The van der Waals surface area contributed by atoms with Crippen molar-refractivity contribution in [2.24, 2.45) is 11.7 Å². The number of carbonyl (C=O) groups is 2. The van der Waals surface area contributed by atoms with E-state index >= 15 is 0 Å².